The van der Waals surface area contributed by atoms with Crippen LogP contribution in [0.3, 0.4) is 0 Å². The van der Waals surface area contributed by atoms with Crippen LogP contribution in [0.25, 0.3) is 0 Å². The molecule has 0 aromatic heterocycles. The molecule has 0 saturated heterocycles. The van der Waals surface area contributed by atoms with E-state index in [4.69, 9.17) is 9.47 Å². The number of carbonyl (C=O) groups is 1. The number of rotatable bonds is 8. The summed E-state index contributed by atoms with van der Waals surface area (Å²) in [5.74, 6) is 0.423. The van der Waals surface area contributed by atoms with E-state index in [9.17, 15) is 9.90 Å². The van der Waals surface area contributed by atoms with Crippen molar-refractivity contribution in [3.8, 4) is 11.5 Å². The Hall–Kier alpha value is -1.75. The van der Waals surface area contributed by atoms with Gasteiger partial charge in [-0.15, -0.1) is 0 Å². The Bertz CT molecular complexity index is 461. The van der Waals surface area contributed by atoms with Gasteiger partial charge in [-0.3, -0.25) is 10.1 Å². The van der Waals surface area contributed by atoms with Crippen LogP contribution in [0.5, 0.6) is 11.5 Å². The number of nitrogens with one attached hydrogen (secondary N) is 1. The summed E-state index contributed by atoms with van der Waals surface area (Å²) in [4.78, 5) is 11.4. The van der Waals surface area contributed by atoms with Crippen molar-refractivity contribution in [3.05, 3.63) is 23.8 Å². The summed E-state index contributed by atoms with van der Waals surface area (Å²) < 4.78 is 10.6. The number of hydrogen-bond donors (Lipinski definition) is 2. The highest BCUT2D eigenvalue weighted by Crippen LogP contribution is 2.31. The molecule has 1 unspecified atom stereocenters. The first-order chi connectivity index (χ1) is 9.48. The summed E-state index contributed by atoms with van der Waals surface area (Å²) in [5.41, 5.74) is -0.0709. The fourth-order valence-corrected chi connectivity index (χ4v) is 2.15. The molecule has 0 heterocycles. The second-order valence-electron chi connectivity index (χ2n) is 4.89. The van der Waals surface area contributed by atoms with Crippen molar-refractivity contribution >= 4 is 5.97 Å². The van der Waals surface area contributed by atoms with Crippen LogP contribution in [0.4, 0.5) is 0 Å². The third kappa shape index (κ3) is 3.63. The predicted octanol–water partition coefficient (Wildman–Crippen LogP) is 2.44. The van der Waals surface area contributed by atoms with E-state index in [2.05, 4.69) is 5.32 Å². The van der Waals surface area contributed by atoms with Gasteiger partial charge in [0.05, 0.1) is 14.2 Å². The van der Waals surface area contributed by atoms with Crippen LogP contribution in [0, 0.1) is 0 Å². The molecule has 0 spiro atoms. The van der Waals surface area contributed by atoms with Gasteiger partial charge in [0.1, 0.15) is 5.54 Å². The van der Waals surface area contributed by atoms with Gasteiger partial charge < -0.3 is 14.6 Å². The largest absolute Gasteiger partial charge is 0.493 e. The minimum Gasteiger partial charge on any atom is -0.493 e. The van der Waals surface area contributed by atoms with Crippen LogP contribution in [0.15, 0.2) is 18.2 Å². The first kappa shape index (κ1) is 16.3. The van der Waals surface area contributed by atoms with Crippen LogP contribution in [0.1, 0.15) is 32.3 Å². The van der Waals surface area contributed by atoms with Gasteiger partial charge in [-0.1, -0.05) is 25.5 Å². The molecule has 1 atom stereocenters. The monoisotopic (exact) mass is 281 g/mol. The standard InChI is InChI=1S/C15H23NO4/c1-5-9-15(2,14(17)18)16-10-11-7-6-8-12(19-3)13(11)20-4/h6-8,16H,5,9-10H2,1-4H3,(H,17,18). The lowest BCUT2D eigenvalue weighted by Crippen LogP contribution is -2.48. The zero-order chi connectivity index (χ0) is 15.2. The Balaban J connectivity index is 2.91. The van der Waals surface area contributed by atoms with Gasteiger partial charge in [-0.25, -0.2) is 0 Å². The van der Waals surface area contributed by atoms with E-state index in [0.717, 1.165) is 12.0 Å². The molecule has 1 aromatic carbocycles. The average molecular weight is 281 g/mol. The summed E-state index contributed by atoms with van der Waals surface area (Å²) in [7, 11) is 3.15. The van der Waals surface area contributed by atoms with Gasteiger partial charge in [0.2, 0.25) is 0 Å². The van der Waals surface area contributed by atoms with Gasteiger partial charge in [0, 0.05) is 12.1 Å². The molecule has 20 heavy (non-hydrogen) atoms. The van der Waals surface area contributed by atoms with E-state index in [1.54, 1.807) is 21.1 Å². The maximum atomic E-state index is 11.4. The summed E-state index contributed by atoms with van der Waals surface area (Å²) in [5, 5.41) is 12.5. The molecule has 0 fully saturated rings. The van der Waals surface area contributed by atoms with E-state index in [-0.39, 0.29) is 0 Å². The lowest BCUT2D eigenvalue weighted by molar-refractivity contribution is -0.144. The molecule has 0 aliphatic heterocycles. The van der Waals surface area contributed by atoms with E-state index in [1.165, 1.54) is 0 Å². The Morgan fingerprint density at radius 1 is 1.35 bits per heavy atom. The summed E-state index contributed by atoms with van der Waals surface area (Å²) in [6, 6.07) is 5.56. The molecule has 0 aliphatic rings. The number of ether oxygens (including phenoxy) is 2. The Kier molecular flexibility index (Phi) is 5.82. The number of carboxylic acids is 1. The van der Waals surface area contributed by atoms with E-state index in [1.807, 2.05) is 25.1 Å². The number of hydrogen-bond acceptors (Lipinski definition) is 4. The topological polar surface area (TPSA) is 67.8 Å². The second-order valence-corrected chi connectivity index (χ2v) is 4.89. The van der Waals surface area contributed by atoms with E-state index < -0.39 is 11.5 Å². The number of aliphatic carboxylic acids is 1. The lowest BCUT2D eigenvalue weighted by Gasteiger charge is -2.26. The molecular weight excluding hydrogens is 258 g/mol. The number of carboxylic acid groups (broad SMARTS) is 1. The molecular formula is C15H23NO4. The molecule has 0 amide bonds. The van der Waals surface area contributed by atoms with Crippen molar-refractivity contribution in [1.82, 2.24) is 5.32 Å². The molecule has 5 nitrogen and oxygen atoms in total. The van der Waals surface area contributed by atoms with Gasteiger partial charge in [0.25, 0.3) is 0 Å². The fraction of sp³-hybridized carbons (Fsp3) is 0.533. The van der Waals surface area contributed by atoms with Crippen molar-refractivity contribution in [2.24, 2.45) is 0 Å². The molecule has 1 rings (SSSR count). The quantitative estimate of drug-likeness (QED) is 0.766. The first-order valence-electron chi connectivity index (χ1n) is 6.66. The van der Waals surface area contributed by atoms with Gasteiger partial charge in [-0.05, 0) is 19.4 Å². The smallest absolute Gasteiger partial charge is 0.323 e. The van der Waals surface area contributed by atoms with Crippen molar-refractivity contribution in [2.45, 2.75) is 38.8 Å². The van der Waals surface area contributed by atoms with Crippen molar-refractivity contribution in [2.75, 3.05) is 14.2 Å². The van der Waals surface area contributed by atoms with Crippen LogP contribution in [-0.2, 0) is 11.3 Å². The summed E-state index contributed by atoms with van der Waals surface area (Å²) >= 11 is 0. The minimum absolute atomic E-state index is 0.406. The molecule has 1 aromatic rings. The highest BCUT2D eigenvalue weighted by Gasteiger charge is 2.31. The van der Waals surface area contributed by atoms with Crippen LogP contribution < -0.4 is 14.8 Å². The van der Waals surface area contributed by atoms with Crippen molar-refractivity contribution < 1.29 is 19.4 Å². The van der Waals surface area contributed by atoms with Gasteiger partial charge in [0.15, 0.2) is 11.5 Å². The van der Waals surface area contributed by atoms with Crippen LogP contribution in [-0.4, -0.2) is 30.8 Å². The Morgan fingerprint density at radius 3 is 2.55 bits per heavy atom. The number of benzene rings is 1. The first-order valence-corrected chi connectivity index (χ1v) is 6.66. The number of para-hydroxylation sites is 1. The summed E-state index contributed by atoms with van der Waals surface area (Å²) in [6.45, 7) is 4.07. The normalized spacial score (nSPS) is 13.6. The van der Waals surface area contributed by atoms with Gasteiger partial charge in [-0.2, -0.15) is 0 Å². The third-order valence-electron chi connectivity index (χ3n) is 3.38. The second kappa shape index (κ2) is 7.14. The maximum Gasteiger partial charge on any atom is 0.323 e. The molecule has 0 radical (unpaired) electrons. The molecule has 5 heteroatoms. The SMILES string of the molecule is CCCC(C)(NCc1cccc(OC)c1OC)C(=O)O. The predicted molar refractivity (Wildman–Crippen MR) is 77.3 cm³/mol. The van der Waals surface area contributed by atoms with Gasteiger partial charge >= 0.3 is 5.97 Å². The molecule has 0 bridgehead atoms. The van der Waals surface area contributed by atoms with Crippen LogP contribution >= 0.6 is 0 Å². The Morgan fingerprint density at radius 2 is 2.05 bits per heavy atom. The highest BCUT2D eigenvalue weighted by atomic mass is 16.5. The molecule has 112 valence electrons. The van der Waals surface area contributed by atoms with Crippen molar-refractivity contribution in [1.29, 1.82) is 0 Å². The maximum absolute atomic E-state index is 11.4. The minimum atomic E-state index is -0.942. The molecule has 0 aliphatic carbocycles. The fourth-order valence-electron chi connectivity index (χ4n) is 2.15. The lowest BCUT2D eigenvalue weighted by atomic mass is 9.96. The Labute approximate surface area is 119 Å². The number of methoxy groups -OCH3 is 2. The zero-order valence-electron chi connectivity index (χ0n) is 12.5. The van der Waals surface area contributed by atoms with E-state index in [0.29, 0.717) is 24.5 Å². The van der Waals surface area contributed by atoms with E-state index >= 15 is 0 Å². The molecule has 2 N–H and O–H groups in total. The van der Waals surface area contributed by atoms with Crippen molar-refractivity contribution in [3.63, 3.8) is 0 Å². The average Bonchev–Trinajstić information content (AvgIpc) is 2.44. The highest BCUT2D eigenvalue weighted by molar-refractivity contribution is 5.78. The third-order valence-corrected chi connectivity index (χ3v) is 3.38. The summed E-state index contributed by atoms with van der Waals surface area (Å²) in [6.07, 6.45) is 1.36. The van der Waals surface area contributed by atoms with Crippen LogP contribution in [0.2, 0.25) is 0 Å². The zero-order valence-corrected chi connectivity index (χ0v) is 12.5. The molecule has 0 saturated carbocycles.